The van der Waals surface area contributed by atoms with Gasteiger partial charge in [0.15, 0.2) is 0 Å². The van der Waals surface area contributed by atoms with Gasteiger partial charge in [0, 0.05) is 6.54 Å². The van der Waals surface area contributed by atoms with Gasteiger partial charge in [-0.25, -0.2) is 4.79 Å². The highest BCUT2D eigenvalue weighted by Gasteiger charge is 2.04. The van der Waals surface area contributed by atoms with Crippen LogP contribution in [0.2, 0.25) is 0 Å². The Kier molecular flexibility index (Phi) is 9.27. The van der Waals surface area contributed by atoms with Crippen LogP contribution in [0.3, 0.4) is 0 Å². The molecule has 0 aliphatic heterocycles. The molecule has 0 aromatic heterocycles. The zero-order valence-electron chi connectivity index (χ0n) is 10.1. The van der Waals surface area contributed by atoms with Crippen molar-refractivity contribution in [1.29, 1.82) is 0 Å². The van der Waals surface area contributed by atoms with Crippen LogP contribution in [0.4, 0.5) is 4.79 Å². The van der Waals surface area contributed by atoms with Crippen molar-refractivity contribution < 1.29 is 14.3 Å². The molecule has 0 saturated heterocycles. The van der Waals surface area contributed by atoms with E-state index < -0.39 is 6.16 Å². The van der Waals surface area contributed by atoms with Gasteiger partial charge in [0.2, 0.25) is 0 Å². The molecule has 0 aliphatic carbocycles. The maximum Gasteiger partial charge on any atom is 0.508 e. The molecule has 0 saturated carbocycles. The standard InChI is InChI=1S/C11H23NO3/c1-4-7-9-14-11(13)15-10-8-12(5-2)6-3/h4-10H2,1-3H3. The summed E-state index contributed by atoms with van der Waals surface area (Å²) in [6.07, 6.45) is 1.37. The predicted molar refractivity (Wildman–Crippen MR) is 60.0 cm³/mol. The molecule has 0 aromatic rings. The molecule has 15 heavy (non-hydrogen) atoms. The van der Waals surface area contributed by atoms with Crippen LogP contribution < -0.4 is 0 Å². The average Bonchev–Trinajstić information content (AvgIpc) is 2.25. The molecule has 0 atom stereocenters. The van der Waals surface area contributed by atoms with E-state index in [9.17, 15) is 4.79 Å². The van der Waals surface area contributed by atoms with Gasteiger partial charge in [-0.3, -0.25) is 0 Å². The number of nitrogens with zero attached hydrogens (tertiary/aromatic N) is 1. The summed E-state index contributed by atoms with van der Waals surface area (Å²) in [5, 5.41) is 0. The van der Waals surface area contributed by atoms with E-state index in [1.54, 1.807) is 0 Å². The number of carbonyl (C=O) groups is 1. The summed E-state index contributed by atoms with van der Waals surface area (Å²) in [5.74, 6) is 0. The lowest BCUT2D eigenvalue weighted by Gasteiger charge is -2.17. The molecule has 0 amide bonds. The Labute approximate surface area is 92.5 Å². The average molecular weight is 217 g/mol. The molecule has 0 fully saturated rings. The van der Waals surface area contributed by atoms with Crippen LogP contribution in [0, 0.1) is 0 Å². The summed E-state index contributed by atoms with van der Waals surface area (Å²) in [6.45, 7) is 9.82. The molecule has 4 nitrogen and oxygen atoms in total. The maximum atomic E-state index is 11.0. The van der Waals surface area contributed by atoms with Crippen molar-refractivity contribution in [1.82, 2.24) is 4.90 Å². The highest BCUT2D eigenvalue weighted by atomic mass is 16.7. The van der Waals surface area contributed by atoms with Crippen LogP contribution in [0.15, 0.2) is 0 Å². The second-order valence-electron chi connectivity index (χ2n) is 3.33. The summed E-state index contributed by atoms with van der Waals surface area (Å²) >= 11 is 0. The molecule has 0 aliphatic rings. The van der Waals surface area contributed by atoms with Crippen LogP contribution in [-0.4, -0.2) is 43.9 Å². The lowest BCUT2D eigenvalue weighted by atomic mass is 10.4. The maximum absolute atomic E-state index is 11.0. The first-order valence-electron chi connectivity index (χ1n) is 5.76. The fraction of sp³-hybridized carbons (Fsp3) is 0.909. The van der Waals surface area contributed by atoms with E-state index in [-0.39, 0.29) is 0 Å². The van der Waals surface area contributed by atoms with Gasteiger partial charge in [-0.2, -0.15) is 0 Å². The molecule has 0 radical (unpaired) electrons. The van der Waals surface area contributed by atoms with Crippen molar-refractivity contribution in [2.75, 3.05) is 32.8 Å². The van der Waals surface area contributed by atoms with Gasteiger partial charge in [-0.15, -0.1) is 0 Å². The highest BCUT2D eigenvalue weighted by Crippen LogP contribution is 1.93. The minimum atomic E-state index is -0.546. The van der Waals surface area contributed by atoms with Crippen molar-refractivity contribution in [3.63, 3.8) is 0 Å². The molecular weight excluding hydrogens is 194 g/mol. The Hall–Kier alpha value is -0.770. The molecule has 0 aromatic carbocycles. The van der Waals surface area contributed by atoms with Crippen molar-refractivity contribution in [3.05, 3.63) is 0 Å². The van der Waals surface area contributed by atoms with Crippen molar-refractivity contribution in [3.8, 4) is 0 Å². The van der Waals surface area contributed by atoms with Crippen LogP contribution in [0.1, 0.15) is 33.6 Å². The SMILES string of the molecule is CCCCOC(=O)OCCN(CC)CC. The number of hydrogen-bond acceptors (Lipinski definition) is 4. The predicted octanol–water partition coefficient (Wildman–Crippen LogP) is 2.28. The van der Waals surface area contributed by atoms with Gasteiger partial charge in [-0.05, 0) is 19.5 Å². The van der Waals surface area contributed by atoms with Gasteiger partial charge in [-0.1, -0.05) is 27.2 Å². The molecule has 4 heteroatoms. The molecule has 0 unspecified atom stereocenters. The Bertz CT molecular complexity index is 158. The van der Waals surface area contributed by atoms with Crippen LogP contribution in [0.25, 0.3) is 0 Å². The molecule has 90 valence electrons. The highest BCUT2D eigenvalue weighted by molar-refractivity contribution is 5.59. The van der Waals surface area contributed by atoms with Gasteiger partial charge in [0.25, 0.3) is 0 Å². The van der Waals surface area contributed by atoms with Crippen LogP contribution >= 0.6 is 0 Å². The fourth-order valence-electron chi connectivity index (χ4n) is 1.14. The van der Waals surface area contributed by atoms with Crippen LogP contribution in [-0.2, 0) is 9.47 Å². The van der Waals surface area contributed by atoms with Crippen LogP contribution in [0.5, 0.6) is 0 Å². The van der Waals surface area contributed by atoms with Crippen molar-refractivity contribution in [2.45, 2.75) is 33.6 Å². The summed E-state index contributed by atoms with van der Waals surface area (Å²) in [5.41, 5.74) is 0. The molecule has 0 rings (SSSR count). The topological polar surface area (TPSA) is 38.8 Å². The van der Waals surface area contributed by atoms with E-state index >= 15 is 0 Å². The van der Waals surface area contributed by atoms with Gasteiger partial charge >= 0.3 is 6.16 Å². The smallest absolute Gasteiger partial charge is 0.434 e. The Morgan fingerprint density at radius 1 is 1.07 bits per heavy atom. The summed E-state index contributed by atoms with van der Waals surface area (Å²) < 4.78 is 9.77. The number of hydrogen-bond donors (Lipinski definition) is 0. The molecule has 0 bridgehead atoms. The number of ether oxygens (including phenoxy) is 2. The first kappa shape index (κ1) is 14.2. The lowest BCUT2D eigenvalue weighted by Crippen LogP contribution is -2.28. The Balaban J connectivity index is 3.37. The molecule has 0 N–H and O–H groups in total. The third-order valence-corrected chi connectivity index (χ3v) is 2.24. The summed E-state index contributed by atoms with van der Waals surface area (Å²) in [4.78, 5) is 13.2. The first-order valence-corrected chi connectivity index (χ1v) is 5.76. The monoisotopic (exact) mass is 217 g/mol. The minimum Gasteiger partial charge on any atom is -0.434 e. The van der Waals surface area contributed by atoms with Gasteiger partial charge < -0.3 is 14.4 Å². The van der Waals surface area contributed by atoms with E-state index in [4.69, 9.17) is 9.47 Å². The molecule has 0 spiro atoms. The number of rotatable bonds is 8. The second-order valence-corrected chi connectivity index (χ2v) is 3.33. The van der Waals surface area contributed by atoms with Gasteiger partial charge in [0.1, 0.15) is 6.61 Å². The summed E-state index contributed by atoms with van der Waals surface area (Å²) in [7, 11) is 0. The number of unbranched alkanes of at least 4 members (excludes halogenated alkanes) is 1. The number of carbonyl (C=O) groups excluding carboxylic acids is 1. The van der Waals surface area contributed by atoms with E-state index in [0.717, 1.165) is 32.5 Å². The van der Waals surface area contributed by atoms with Gasteiger partial charge in [0.05, 0.1) is 6.61 Å². The van der Waals surface area contributed by atoms with E-state index in [1.165, 1.54) is 0 Å². The lowest BCUT2D eigenvalue weighted by molar-refractivity contribution is 0.0480. The van der Waals surface area contributed by atoms with Crippen molar-refractivity contribution >= 4 is 6.16 Å². The minimum absolute atomic E-state index is 0.409. The Morgan fingerprint density at radius 3 is 2.20 bits per heavy atom. The molecule has 0 heterocycles. The molecular formula is C11H23NO3. The number of likely N-dealkylation sites (N-methyl/N-ethyl adjacent to an activating group) is 1. The fourth-order valence-corrected chi connectivity index (χ4v) is 1.14. The third-order valence-electron chi connectivity index (χ3n) is 2.24. The van der Waals surface area contributed by atoms with Crippen molar-refractivity contribution in [2.24, 2.45) is 0 Å². The second kappa shape index (κ2) is 9.77. The third kappa shape index (κ3) is 8.24. The van der Waals surface area contributed by atoms with E-state index in [2.05, 4.69) is 25.7 Å². The summed E-state index contributed by atoms with van der Waals surface area (Å²) in [6, 6.07) is 0. The quantitative estimate of drug-likeness (QED) is 0.462. The van der Waals surface area contributed by atoms with E-state index in [1.807, 2.05) is 0 Å². The largest absolute Gasteiger partial charge is 0.508 e. The normalized spacial score (nSPS) is 10.4. The zero-order chi connectivity index (χ0) is 11.5. The first-order chi connectivity index (χ1) is 7.24. The van der Waals surface area contributed by atoms with E-state index in [0.29, 0.717) is 13.2 Å². The Morgan fingerprint density at radius 2 is 1.67 bits per heavy atom. The zero-order valence-corrected chi connectivity index (χ0v) is 10.1.